The highest BCUT2D eigenvalue weighted by molar-refractivity contribution is 7.12. The molecule has 1 aliphatic rings. The number of fused-ring (bicyclic) bond motifs is 1. The summed E-state index contributed by atoms with van der Waals surface area (Å²) in [5.41, 5.74) is 2.66. The predicted molar refractivity (Wildman–Crippen MR) is 121 cm³/mol. The van der Waals surface area contributed by atoms with Crippen LogP contribution in [0.2, 0.25) is 0 Å². The van der Waals surface area contributed by atoms with E-state index >= 15 is 0 Å². The molecule has 0 unspecified atom stereocenters. The van der Waals surface area contributed by atoms with Gasteiger partial charge in [0.2, 0.25) is 0 Å². The molecule has 1 aliphatic heterocycles. The number of carbonyl (C=O) groups excluding carboxylic acids is 3. The molecule has 31 heavy (non-hydrogen) atoms. The summed E-state index contributed by atoms with van der Waals surface area (Å²) in [6, 6.07) is 18.0. The summed E-state index contributed by atoms with van der Waals surface area (Å²) in [6.45, 7) is 0.242. The first-order valence-electron chi connectivity index (χ1n) is 10.0. The van der Waals surface area contributed by atoms with Crippen LogP contribution in [0.25, 0.3) is 0 Å². The molecule has 1 aromatic heterocycles. The van der Waals surface area contributed by atoms with E-state index in [9.17, 15) is 14.4 Å². The Kier molecular flexibility index (Phi) is 6.13. The van der Waals surface area contributed by atoms with Gasteiger partial charge in [-0.15, -0.1) is 11.3 Å². The lowest BCUT2D eigenvalue weighted by atomic mass is 10.0. The van der Waals surface area contributed by atoms with E-state index in [2.05, 4.69) is 0 Å². The zero-order valence-electron chi connectivity index (χ0n) is 17.1. The highest BCUT2D eigenvalue weighted by Crippen LogP contribution is 2.27. The first kappa shape index (κ1) is 20.8. The van der Waals surface area contributed by atoms with Gasteiger partial charge in [0.05, 0.1) is 16.1 Å². The zero-order valence-corrected chi connectivity index (χ0v) is 17.9. The average Bonchev–Trinajstić information content (AvgIpc) is 3.36. The van der Waals surface area contributed by atoms with Crippen LogP contribution in [0, 0.1) is 0 Å². The highest BCUT2D eigenvalue weighted by Gasteiger charge is 2.25. The summed E-state index contributed by atoms with van der Waals surface area (Å²) in [5.74, 6) is -1.11. The summed E-state index contributed by atoms with van der Waals surface area (Å²) in [4.78, 5) is 41.9. The molecule has 7 heteroatoms. The fraction of sp³-hybridized carbons (Fsp3) is 0.208. The fourth-order valence-electron chi connectivity index (χ4n) is 3.69. The fourth-order valence-corrected chi connectivity index (χ4v) is 4.39. The van der Waals surface area contributed by atoms with Gasteiger partial charge >= 0.3 is 5.97 Å². The molecule has 0 saturated heterocycles. The number of anilines is 2. The van der Waals surface area contributed by atoms with E-state index in [0.717, 1.165) is 24.1 Å². The van der Waals surface area contributed by atoms with Crippen LogP contribution in [0.4, 0.5) is 11.4 Å². The molecule has 2 amide bonds. The van der Waals surface area contributed by atoms with Crippen LogP contribution in [0.3, 0.4) is 0 Å². The number of aryl methyl sites for hydroxylation is 1. The third kappa shape index (κ3) is 4.36. The smallest absolute Gasteiger partial charge is 0.340 e. The Labute approximate surface area is 184 Å². The summed E-state index contributed by atoms with van der Waals surface area (Å²) >= 11 is 1.34. The van der Waals surface area contributed by atoms with Crippen molar-refractivity contribution in [3.05, 3.63) is 82.0 Å². The maximum atomic E-state index is 12.8. The normalized spacial score (nSPS) is 12.7. The van der Waals surface area contributed by atoms with E-state index in [4.69, 9.17) is 4.74 Å². The van der Waals surface area contributed by atoms with E-state index in [1.807, 2.05) is 29.6 Å². The first-order chi connectivity index (χ1) is 15.1. The second kappa shape index (κ2) is 9.14. The number of benzene rings is 2. The van der Waals surface area contributed by atoms with Gasteiger partial charge in [-0.1, -0.05) is 36.4 Å². The van der Waals surface area contributed by atoms with Crippen LogP contribution in [0.15, 0.2) is 66.0 Å². The minimum atomic E-state index is -0.639. The molecular weight excluding hydrogens is 412 g/mol. The summed E-state index contributed by atoms with van der Waals surface area (Å²) in [5, 5.41) is 1.82. The SMILES string of the molecule is CN(C(=O)c1cccs1)c1ccccc1C(=O)OCC(=O)N1CCCc2ccccc21. The van der Waals surface area contributed by atoms with Crippen molar-refractivity contribution in [1.29, 1.82) is 0 Å². The number of esters is 1. The number of nitrogens with zero attached hydrogens (tertiary/aromatic N) is 2. The highest BCUT2D eigenvalue weighted by atomic mass is 32.1. The molecule has 0 fully saturated rings. The van der Waals surface area contributed by atoms with Crippen molar-refractivity contribution in [2.24, 2.45) is 0 Å². The van der Waals surface area contributed by atoms with E-state index in [0.29, 0.717) is 17.1 Å². The molecule has 0 spiro atoms. The molecule has 0 radical (unpaired) electrons. The zero-order chi connectivity index (χ0) is 21.8. The second-order valence-electron chi connectivity index (χ2n) is 7.21. The van der Waals surface area contributed by atoms with Gasteiger partial charge in [0.1, 0.15) is 0 Å². The summed E-state index contributed by atoms with van der Waals surface area (Å²) in [6.07, 6.45) is 1.80. The molecule has 0 saturated carbocycles. The van der Waals surface area contributed by atoms with Crippen LogP contribution < -0.4 is 9.80 Å². The van der Waals surface area contributed by atoms with Crippen molar-refractivity contribution in [1.82, 2.24) is 0 Å². The second-order valence-corrected chi connectivity index (χ2v) is 8.16. The predicted octanol–water partition coefficient (Wildman–Crippen LogP) is 4.16. The number of hydrogen-bond acceptors (Lipinski definition) is 5. The van der Waals surface area contributed by atoms with Gasteiger partial charge in [-0.05, 0) is 48.1 Å². The van der Waals surface area contributed by atoms with Crippen LogP contribution in [-0.2, 0) is 16.0 Å². The van der Waals surface area contributed by atoms with E-state index in [1.165, 1.54) is 16.2 Å². The van der Waals surface area contributed by atoms with Crippen LogP contribution >= 0.6 is 11.3 Å². The van der Waals surface area contributed by atoms with E-state index < -0.39 is 5.97 Å². The van der Waals surface area contributed by atoms with Gasteiger partial charge in [0.25, 0.3) is 11.8 Å². The lowest BCUT2D eigenvalue weighted by Crippen LogP contribution is -2.38. The minimum Gasteiger partial charge on any atom is -0.452 e. The Morgan fingerprint density at radius 2 is 1.81 bits per heavy atom. The maximum absolute atomic E-state index is 12.8. The van der Waals surface area contributed by atoms with E-state index in [1.54, 1.807) is 48.3 Å². The van der Waals surface area contributed by atoms with Crippen molar-refractivity contribution in [3.63, 3.8) is 0 Å². The number of para-hydroxylation sites is 2. The quantitative estimate of drug-likeness (QED) is 0.566. The standard InChI is InChI=1S/C24H22N2O4S/c1-25(23(28)21-13-7-15-31-21)20-12-5-3-10-18(20)24(29)30-16-22(27)26-14-6-9-17-8-2-4-11-19(17)26/h2-5,7-8,10-13,15H,6,9,14,16H2,1H3. The number of amides is 2. The van der Waals surface area contributed by atoms with Gasteiger partial charge < -0.3 is 14.5 Å². The summed E-state index contributed by atoms with van der Waals surface area (Å²) < 4.78 is 5.35. The first-order valence-corrected chi connectivity index (χ1v) is 10.9. The van der Waals surface area contributed by atoms with Gasteiger partial charge in [-0.2, -0.15) is 0 Å². The molecule has 158 valence electrons. The number of carbonyl (C=O) groups is 3. The number of rotatable bonds is 5. The van der Waals surface area contributed by atoms with Crippen molar-refractivity contribution in [3.8, 4) is 0 Å². The van der Waals surface area contributed by atoms with Crippen molar-refractivity contribution < 1.29 is 19.1 Å². The minimum absolute atomic E-state index is 0.212. The van der Waals surface area contributed by atoms with Gasteiger partial charge in [0, 0.05) is 19.3 Å². The molecule has 0 N–H and O–H groups in total. The monoisotopic (exact) mass is 434 g/mol. The Morgan fingerprint density at radius 1 is 1.03 bits per heavy atom. The Bertz CT molecular complexity index is 1110. The maximum Gasteiger partial charge on any atom is 0.340 e. The van der Waals surface area contributed by atoms with Crippen LogP contribution in [0.5, 0.6) is 0 Å². The summed E-state index contributed by atoms with van der Waals surface area (Å²) in [7, 11) is 1.62. The van der Waals surface area contributed by atoms with Crippen LogP contribution in [-0.4, -0.2) is 38.0 Å². The molecular formula is C24H22N2O4S. The molecule has 3 aromatic rings. The average molecular weight is 435 g/mol. The molecule has 0 atom stereocenters. The Hall–Kier alpha value is -3.45. The molecule has 0 bridgehead atoms. The molecule has 6 nitrogen and oxygen atoms in total. The third-order valence-corrected chi connectivity index (χ3v) is 6.12. The number of ether oxygens (including phenoxy) is 1. The topological polar surface area (TPSA) is 66.9 Å². The number of thiophene rings is 1. The Balaban J connectivity index is 1.46. The molecule has 4 rings (SSSR count). The van der Waals surface area contributed by atoms with Gasteiger partial charge in [-0.25, -0.2) is 4.79 Å². The van der Waals surface area contributed by atoms with E-state index in [-0.39, 0.29) is 24.0 Å². The third-order valence-electron chi connectivity index (χ3n) is 5.26. The molecule has 2 aromatic carbocycles. The lowest BCUT2D eigenvalue weighted by Gasteiger charge is -2.29. The molecule has 0 aliphatic carbocycles. The van der Waals surface area contributed by atoms with Crippen molar-refractivity contribution in [2.45, 2.75) is 12.8 Å². The van der Waals surface area contributed by atoms with Crippen molar-refractivity contribution >= 4 is 40.5 Å². The van der Waals surface area contributed by atoms with Crippen LogP contribution in [0.1, 0.15) is 32.0 Å². The van der Waals surface area contributed by atoms with Crippen molar-refractivity contribution in [2.75, 3.05) is 30.0 Å². The Morgan fingerprint density at radius 3 is 2.61 bits per heavy atom. The number of hydrogen-bond donors (Lipinski definition) is 0. The molecule has 2 heterocycles. The largest absolute Gasteiger partial charge is 0.452 e. The van der Waals surface area contributed by atoms with Gasteiger partial charge in [-0.3, -0.25) is 9.59 Å². The lowest BCUT2D eigenvalue weighted by molar-refractivity contribution is -0.121. The van der Waals surface area contributed by atoms with Gasteiger partial charge in [0.15, 0.2) is 6.61 Å².